The van der Waals surface area contributed by atoms with Crippen LogP contribution >= 0.6 is 0 Å². The van der Waals surface area contributed by atoms with Gasteiger partial charge in [0.25, 0.3) is 5.69 Å². The van der Waals surface area contributed by atoms with Gasteiger partial charge in [-0.3, -0.25) is 10.1 Å². The highest BCUT2D eigenvalue weighted by molar-refractivity contribution is 5.83. The number of rotatable bonds is 5. The number of anilines is 1. The van der Waals surface area contributed by atoms with Crippen molar-refractivity contribution in [1.82, 2.24) is 19.5 Å². The molecular weight excluding hydrogens is 365 g/mol. The summed E-state index contributed by atoms with van der Waals surface area (Å²) >= 11 is 0. The van der Waals surface area contributed by atoms with Crippen molar-refractivity contribution < 1.29 is 18.1 Å². The van der Waals surface area contributed by atoms with Crippen molar-refractivity contribution in [2.75, 3.05) is 5.32 Å². The number of benzene rings is 1. The van der Waals surface area contributed by atoms with Crippen LogP contribution in [0.4, 0.5) is 24.7 Å². The fourth-order valence-electron chi connectivity index (χ4n) is 2.71. The molecule has 2 aromatic heterocycles. The SMILES string of the molecule is O=[N+]([O-])c1ccccc1Cn1cnc2c(NC3CC3)nc(C(F)(F)F)nc21. The average molecular weight is 378 g/mol. The van der Waals surface area contributed by atoms with Crippen LogP contribution in [0.25, 0.3) is 11.2 Å². The molecule has 1 fully saturated rings. The van der Waals surface area contributed by atoms with Crippen LogP contribution in [0.1, 0.15) is 24.2 Å². The highest BCUT2D eigenvalue weighted by Gasteiger charge is 2.37. The summed E-state index contributed by atoms with van der Waals surface area (Å²) in [5, 5.41) is 14.1. The average Bonchev–Trinajstić information content (AvgIpc) is 3.33. The third-order valence-electron chi connectivity index (χ3n) is 4.16. The number of hydrogen-bond donors (Lipinski definition) is 1. The Labute approximate surface area is 150 Å². The van der Waals surface area contributed by atoms with Gasteiger partial charge in [0.05, 0.1) is 17.8 Å². The van der Waals surface area contributed by atoms with Gasteiger partial charge in [-0.2, -0.15) is 13.2 Å². The molecule has 0 unspecified atom stereocenters. The maximum atomic E-state index is 13.2. The summed E-state index contributed by atoms with van der Waals surface area (Å²) < 4.78 is 41.0. The van der Waals surface area contributed by atoms with Gasteiger partial charge in [0.1, 0.15) is 5.52 Å². The molecule has 0 aliphatic heterocycles. The highest BCUT2D eigenvalue weighted by Crippen LogP contribution is 2.32. The highest BCUT2D eigenvalue weighted by atomic mass is 19.4. The van der Waals surface area contributed by atoms with E-state index in [2.05, 4.69) is 20.3 Å². The maximum Gasteiger partial charge on any atom is 0.451 e. The summed E-state index contributed by atoms with van der Waals surface area (Å²) in [7, 11) is 0. The van der Waals surface area contributed by atoms with Crippen LogP contribution < -0.4 is 5.32 Å². The molecule has 0 amide bonds. The lowest BCUT2D eigenvalue weighted by molar-refractivity contribution is -0.385. The minimum Gasteiger partial charge on any atom is -0.365 e. The Hall–Kier alpha value is -3.24. The van der Waals surface area contributed by atoms with Crippen LogP contribution in [-0.2, 0) is 12.7 Å². The van der Waals surface area contributed by atoms with Gasteiger partial charge in [0, 0.05) is 17.7 Å². The first kappa shape index (κ1) is 17.2. The van der Waals surface area contributed by atoms with Crippen molar-refractivity contribution in [2.24, 2.45) is 0 Å². The lowest BCUT2D eigenvalue weighted by atomic mass is 10.2. The smallest absolute Gasteiger partial charge is 0.365 e. The van der Waals surface area contributed by atoms with Gasteiger partial charge in [0.2, 0.25) is 5.82 Å². The molecular formula is C16H13F3N6O2. The molecule has 8 nitrogen and oxygen atoms in total. The van der Waals surface area contributed by atoms with Gasteiger partial charge in [-0.25, -0.2) is 15.0 Å². The van der Waals surface area contributed by atoms with E-state index in [0.717, 1.165) is 12.8 Å². The minimum atomic E-state index is -4.72. The monoisotopic (exact) mass is 378 g/mol. The summed E-state index contributed by atoms with van der Waals surface area (Å²) in [5.74, 6) is -1.25. The Morgan fingerprint density at radius 3 is 2.67 bits per heavy atom. The van der Waals surface area contributed by atoms with Gasteiger partial charge in [-0.05, 0) is 12.8 Å². The summed E-state index contributed by atoms with van der Waals surface area (Å²) in [6, 6.07) is 6.10. The quantitative estimate of drug-likeness (QED) is 0.540. The molecule has 2 heterocycles. The van der Waals surface area contributed by atoms with Crippen LogP contribution in [0.3, 0.4) is 0 Å². The number of imidazole rings is 1. The van der Waals surface area contributed by atoms with Crippen LogP contribution in [0.15, 0.2) is 30.6 Å². The fourth-order valence-corrected chi connectivity index (χ4v) is 2.71. The van der Waals surface area contributed by atoms with Crippen LogP contribution in [0.5, 0.6) is 0 Å². The van der Waals surface area contributed by atoms with E-state index in [9.17, 15) is 23.3 Å². The van der Waals surface area contributed by atoms with E-state index in [1.54, 1.807) is 12.1 Å². The molecule has 3 aromatic rings. The zero-order chi connectivity index (χ0) is 19.2. The lowest BCUT2D eigenvalue weighted by Crippen LogP contribution is -2.15. The third-order valence-corrected chi connectivity index (χ3v) is 4.16. The van der Waals surface area contributed by atoms with Crippen molar-refractivity contribution in [2.45, 2.75) is 31.6 Å². The molecule has 0 radical (unpaired) electrons. The predicted molar refractivity (Wildman–Crippen MR) is 89.2 cm³/mol. The molecule has 0 spiro atoms. The standard InChI is InChI=1S/C16H13F3N6O2/c17-16(18,19)15-22-13(21-10-5-6-10)12-14(23-15)24(8-20-12)7-9-3-1-2-4-11(9)25(26)27/h1-4,8,10H,5-7H2,(H,21,22,23). The van der Waals surface area contributed by atoms with Gasteiger partial charge in [0.15, 0.2) is 11.5 Å². The number of fused-ring (bicyclic) bond motifs is 1. The second kappa shape index (κ2) is 6.18. The molecule has 27 heavy (non-hydrogen) atoms. The van der Waals surface area contributed by atoms with Gasteiger partial charge in [-0.15, -0.1) is 0 Å². The first-order valence-corrected chi connectivity index (χ1v) is 8.12. The molecule has 4 rings (SSSR count). The number of hydrogen-bond acceptors (Lipinski definition) is 6. The maximum absolute atomic E-state index is 13.2. The molecule has 11 heteroatoms. The topological polar surface area (TPSA) is 98.8 Å². The Bertz CT molecular complexity index is 1030. The summed E-state index contributed by atoms with van der Waals surface area (Å²) in [6.45, 7) is -0.0369. The van der Waals surface area contributed by atoms with Crippen molar-refractivity contribution in [3.63, 3.8) is 0 Å². The number of nitrogens with zero attached hydrogens (tertiary/aromatic N) is 5. The zero-order valence-corrected chi connectivity index (χ0v) is 13.8. The van der Waals surface area contributed by atoms with Crippen molar-refractivity contribution in [3.05, 3.63) is 52.1 Å². The largest absolute Gasteiger partial charge is 0.451 e. The van der Waals surface area contributed by atoms with E-state index >= 15 is 0 Å². The van der Waals surface area contributed by atoms with Crippen LogP contribution in [0, 0.1) is 10.1 Å². The molecule has 0 bridgehead atoms. The normalized spacial score (nSPS) is 14.5. The zero-order valence-electron chi connectivity index (χ0n) is 13.8. The Balaban J connectivity index is 1.81. The van der Waals surface area contributed by atoms with E-state index in [4.69, 9.17) is 0 Å². The number of para-hydroxylation sites is 1. The number of nitro groups is 1. The molecule has 1 aliphatic carbocycles. The van der Waals surface area contributed by atoms with Crippen molar-refractivity contribution in [3.8, 4) is 0 Å². The van der Waals surface area contributed by atoms with Gasteiger partial charge >= 0.3 is 6.18 Å². The minimum absolute atomic E-state index is 0.0242. The molecule has 140 valence electrons. The second-order valence-electron chi connectivity index (χ2n) is 6.24. The van der Waals surface area contributed by atoms with Crippen molar-refractivity contribution >= 4 is 22.7 Å². The molecule has 1 saturated carbocycles. The first-order valence-electron chi connectivity index (χ1n) is 8.12. The Morgan fingerprint density at radius 1 is 1.26 bits per heavy atom. The predicted octanol–water partition coefficient (Wildman–Crippen LogP) is 3.38. The van der Waals surface area contributed by atoms with Crippen LogP contribution in [0.2, 0.25) is 0 Å². The summed E-state index contributed by atoms with van der Waals surface area (Å²) in [4.78, 5) is 22.0. The molecule has 1 N–H and O–H groups in total. The first-order chi connectivity index (χ1) is 12.8. The molecule has 0 atom stereocenters. The van der Waals surface area contributed by atoms with E-state index in [0.29, 0.717) is 5.56 Å². The Kier molecular flexibility index (Phi) is 3.93. The van der Waals surface area contributed by atoms with E-state index in [1.165, 1.54) is 23.0 Å². The molecule has 1 aliphatic rings. The Morgan fingerprint density at radius 2 is 2.00 bits per heavy atom. The molecule has 1 aromatic carbocycles. The summed E-state index contributed by atoms with van der Waals surface area (Å²) in [5.41, 5.74) is 0.388. The number of alkyl halides is 3. The van der Waals surface area contributed by atoms with E-state index in [-0.39, 0.29) is 35.3 Å². The lowest BCUT2D eigenvalue weighted by Gasteiger charge is -2.11. The van der Waals surface area contributed by atoms with Gasteiger partial charge in [-0.1, -0.05) is 18.2 Å². The number of aromatic nitrogens is 4. The number of halogens is 3. The van der Waals surface area contributed by atoms with Crippen molar-refractivity contribution in [1.29, 1.82) is 0 Å². The van der Waals surface area contributed by atoms with Crippen LogP contribution in [-0.4, -0.2) is 30.5 Å². The second-order valence-corrected chi connectivity index (χ2v) is 6.24. The summed E-state index contributed by atoms with van der Waals surface area (Å²) in [6.07, 6.45) is -1.70. The van der Waals surface area contributed by atoms with E-state index < -0.39 is 16.9 Å². The number of nitrogens with one attached hydrogen (secondary N) is 1. The number of nitro benzene ring substituents is 1. The molecule has 0 saturated heterocycles. The third kappa shape index (κ3) is 3.39. The fraction of sp³-hybridized carbons (Fsp3) is 0.312. The van der Waals surface area contributed by atoms with E-state index in [1.807, 2.05) is 0 Å². The van der Waals surface area contributed by atoms with Gasteiger partial charge < -0.3 is 9.88 Å².